The fourth-order valence-corrected chi connectivity index (χ4v) is 1.81. The van der Waals surface area contributed by atoms with E-state index in [0.717, 1.165) is 11.3 Å². The van der Waals surface area contributed by atoms with Crippen molar-refractivity contribution in [1.82, 2.24) is 0 Å². The molecule has 0 saturated carbocycles. The van der Waals surface area contributed by atoms with Crippen LogP contribution in [0.25, 0.3) is 0 Å². The predicted octanol–water partition coefficient (Wildman–Crippen LogP) is 2.73. The second-order valence-corrected chi connectivity index (χ2v) is 4.48. The number of anilines is 1. The third-order valence-corrected chi connectivity index (χ3v) is 3.21. The van der Waals surface area contributed by atoms with E-state index >= 15 is 0 Å². The minimum atomic E-state index is -0.222. The summed E-state index contributed by atoms with van der Waals surface area (Å²) >= 11 is 6.03. The SMILES string of the molecule is C=C(CCOC=O)C(=O)N(C)c1cccc(Cl)c1C. The quantitative estimate of drug-likeness (QED) is 0.458. The molecule has 1 aromatic carbocycles. The molecular weight excluding hydrogens is 266 g/mol. The average molecular weight is 282 g/mol. The number of carbonyl (C=O) groups excluding carboxylic acids is 2. The highest BCUT2D eigenvalue weighted by Crippen LogP contribution is 2.26. The van der Waals surface area contributed by atoms with E-state index < -0.39 is 0 Å². The van der Waals surface area contributed by atoms with Crippen molar-refractivity contribution in [2.24, 2.45) is 0 Å². The molecule has 0 atom stereocenters. The molecule has 102 valence electrons. The monoisotopic (exact) mass is 281 g/mol. The van der Waals surface area contributed by atoms with E-state index in [4.69, 9.17) is 11.6 Å². The Bertz CT molecular complexity index is 499. The first-order valence-electron chi connectivity index (χ1n) is 5.75. The zero-order valence-electron chi connectivity index (χ0n) is 11.0. The highest BCUT2D eigenvalue weighted by Gasteiger charge is 2.16. The second kappa shape index (κ2) is 6.95. The summed E-state index contributed by atoms with van der Waals surface area (Å²) < 4.78 is 4.55. The van der Waals surface area contributed by atoms with Crippen LogP contribution < -0.4 is 4.90 Å². The van der Waals surface area contributed by atoms with Crippen molar-refractivity contribution < 1.29 is 14.3 Å². The highest BCUT2D eigenvalue weighted by atomic mass is 35.5. The molecule has 1 rings (SSSR count). The number of ether oxygens (including phenoxy) is 1. The molecule has 0 aromatic heterocycles. The Morgan fingerprint density at radius 3 is 2.84 bits per heavy atom. The van der Waals surface area contributed by atoms with Gasteiger partial charge in [-0.1, -0.05) is 24.2 Å². The first-order valence-corrected chi connectivity index (χ1v) is 6.13. The molecule has 1 aromatic rings. The molecular formula is C14H16ClNO3. The zero-order valence-corrected chi connectivity index (χ0v) is 11.7. The largest absolute Gasteiger partial charge is 0.468 e. The van der Waals surface area contributed by atoms with Crippen molar-refractivity contribution in [2.75, 3.05) is 18.6 Å². The van der Waals surface area contributed by atoms with Crippen LogP contribution >= 0.6 is 11.6 Å². The molecule has 0 radical (unpaired) electrons. The maximum absolute atomic E-state index is 12.1. The Labute approximate surface area is 117 Å². The third-order valence-electron chi connectivity index (χ3n) is 2.80. The molecule has 0 heterocycles. The van der Waals surface area contributed by atoms with Crippen LogP contribution in [0.5, 0.6) is 0 Å². The van der Waals surface area contributed by atoms with Crippen LogP contribution in [0.15, 0.2) is 30.4 Å². The van der Waals surface area contributed by atoms with Gasteiger partial charge in [-0.2, -0.15) is 0 Å². The van der Waals surface area contributed by atoms with Crippen molar-refractivity contribution >= 4 is 29.7 Å². The molecule has 1 amide bonds. The van der Waals surface area contributed by atoms with Gasteiger partial charge in [0.2, 0.25) is 0 Å². The number of hydrogen-bond donors (Lipinski definition) is 0. The number of carbonyl (C=O) groups is 2. The molecule has 0 fully saturated rings. The van der Waals surface area contributed by atoms with Crippen LogP contribution in [0.1, 0.15) is 12.0 Å². The molecule has 19 heavy (non-hydrogen) atoms. The van der Waals surface area contributed by atoms with E-state index in [9.17, 15) is 9.59 Å². The van der Waals surface area contributed by atoms with Gasteiger partial charge in [-0.15, -0.1) is 0 Å². The van der Waals surface area contributed by atoms with Crippen molar-refractivity contribution in [3.05, 3.63) is 40.9 Å². The van der Waals surface area contributed by atoms with Gasteiger partial charge in [0.05, 0.1) is 6.61 Å². The van der Waals surface area contributed by atoms with E-state index in [1.165, 1.54) is 4.90 Å². The number of benzene rings is 1. The van der Waals surface area contributed by atoms with Crippen LogP contribution in [0.3, 0.4) is 0 Å². The van der Waals surface area contributed by atoms with Crippen molar-refractivity contribution in [2.45, 2.75) is 13.3 Å². The summed E-state index contributed by atoms with van der Waals surface area (Å²) in [5.74, 6) is -0.222. The van der Waals surface area contributed by atoms with Gasteiger partial charge in [-0.3, -0.25) is 9.59 Å². The van der Waals surface area contributed by atoms with E-state index in [1.54, 1.807) is 19.2 Å². The molecule has 0 unspecified atom stereocenters. The molecule has 0 N–H and O–H groups in total. The van der Waals surface area contributed by atoms with Gasteiger partial charge in [0, 0.05) is 29.8 Å². The van der Waals surface area contributed by atoms with E-state index in [1.807, 2.05) is 13.0 Å². The van der Waals surface area contributed by atoms with Crippen LogP contribution in [-0.4, -0.2) is 26.0 Å². The number of nitrogens with zero attached hydrogens (tertiary/aromatic N) is 1. The Balaban J connectivity index is 2.79. The molecule has 0 bridgehead atoms. The lowest BCUT2D eigenvalue weighted by Gasteiger charge is -2.21. The predicted molar refractivity (Wildman–Crippen MR) is 75.4 cm³/mol. The fraction of sp³-hybridized carbons (Fsp3) is 0.286. The Hall–Kier alpha value is -1.81. The summed E-state index contributed by atoms with van der Waals surface area (Å²) in [7, 11) is 1.66. The van der Waals surface area contributed by atoms with E-state index in [-0.39, 0.29) is 12.5 Å². The first-order chi connectivity index (χ1) is 8.99. The van der Waals surface area contributed by atoms with Gasteiger partial charge in [0.1, 0.15) is 0 Å². The van der Waals surface area contributed by atoms with Crippen molar-refractivity contribution in [3.8, 4) is 0 Å². The number of amides is 1. The summed E-state index contributed by atoms with van der Waals surface area (Å²) in [5, 5.41) is 0.604. The topological polar surface area (TPSA) is 46.6 Å². The summed E-state index contributed by atoms with van der Waals surface area (Å²) in [6.45, 7) is 6.05. The smallest absolute Gasteiger partial charge is 0.293 e. The molecule has 5 heteroatoms. The van der Waals surface area contributed by atoms with Crippen LogP contribution in [0.4, 0.5) is 5.69 Å². The molecule has 0 spiro atoms. The summed E-state index contributed by atoms with van der Waals surface area (Å²) in [6, 6.07) is 5.37. The lowest BCUT2D eigenvalue weighted by Crippen LogP contribution is -2.28. The van der Waals surface area contributed by atoms with Crippen LogP contribution in [0.2, 0.25) is 5.02 Å². The van der Waals surface area contributed by atoms with Gasteiger partial charge in [0.25, 0.3) is 12.4 Å². The number of likely N-dealkylation sites (N-methyl/N-ethyl adjacent to an activating group) is 1. The summed E-state index contributed by atoms with van der Waals surface area (Å²) in [6.07, 6.45) is 0.307. The van der Waals surface area contributed by atoms with Crippen molar-refractivity contribution in [1.29, 1.82) is 0 Å². The lowest BCUT2D eigenvalue weighted by molar-refractivity contribution is -0.129. The molecule has 0 saturated heterocycles. The van der Waals surface area contributed by atoms with Gasteiger partial charge in [-0.05, 0) is 24.6 Å². The number of rotatable bonds is 6. The Morgan fingerprint density at radius 2 is 2.21 bits per heavy atom. The van der Waals surface area contributed by atoms with Crippen molar-refractivity contribution in [3.63, 3.8) is 0 Å². The summed E-state index contributed by atoms with van der Waals surface area (Å²) in [4.78, 5) is 23.7. The zero-order chi connectivity index (χ0) is 14.4. The van der Waals surface area contributed by atoms with Crippen LogP contribution in [-0.2, 0) is 14.3 Å². The third kappa shape index (κ3) is 3.83. The molecule has 0 aliphatic rings. The van der Waals surface area contributed by atoms with Gasteiger partial charge < -0.3 is 9.64 Å². The maximum Gasteiger partial charge on any atom is 0.293 e. The van der Waals surface area contributed by atoms with Gasteiger partial charge in [0.15, 0.2) is 0 Å². The Morgan fingerprint density at radius 1 is 1.53 bits per heavy atom. The molecule has 4 nitrogen and oxygen atoms in total. The maximum atomic E-state index is 12.1. The van der Waals surface area contributed by atoms with Crippen LogP contribution in [0, 0.1) is 6.92 Å². The van der Waals surface area contributed by atoms with E-state index in [0.29, 0.717) is 23.5 Å². The summed E-state index contributed by atoms with van der Waals surface area (Å²) in [5.41, 5.74) is 1.94. The molecule has 0 aliphatic heterocycles. The normalized spacial score (nSPS) is 9.84. The number of hydrogen-bond acceptors (Lipinski definition) is 3. The lowest BCUT2D eigenvalue weighted by atomic mass is 10.1. The van der Waals surface area contributed by atoms with E-state index in [2.05, 4.69) is 11.3 Å². The first kappa shape index (κ1) is 15.2. The van der Waals surface area contributed by atoms with Gasteiger partial charge >= 0.3 is 0 Å². The standard InChI is InChI=1S/C14H16ClNO3/c1-10(7-8-19-9-17)14(18)16(3)13-6-4-5-12(15)11(13)2/h4-6,9H,1,7-8H2,2-3H3. The minimum absolute atomic E-state index is 0.149. The van der Waals surface area contributed by atoms with Gasteiger partial charge in [-0.25, -0.2) is 0 Å². The fourth-order valence-electron chi connectivity index (χ4n) is 1.64. The molecule has 0 aliphatic carbocycles. The minimum Gasteiger partial charge on any atom is -0.468 e. The number of halogens is 1. The Kier molecular flexibility index (Phi) is 5.57. The average Bonchev–Trinajstić information content (AvgIpc) is 2.40. The highest BCUT2D eigenvalue weighted by molar-refractivity contribution is 6.31. The second-order valence-electron chi connectivity index (χ2n) is 4.07.